The molecule has 2 rings (SSSR count). The number of fused-ring (bicyclic) bond motifs is 1. The van der Waals surface area contributed by atoms with Gasteiger partial charge in [-0.3, -0.25) is 14.2 Å². The van der Waals surface area contributed by atoms with Gasteiger partial charge in [-0.1, -0.05) is 0 Å². The zero-order valence-electron chi connectivity index (χ0n) is 9.85. The number of aryl methyl sites for hydroxylation is 1. The fraction of sp³-hybridized carbons (Fsp3) is 0.364. The SMILES string of the molecule is Cc1c(C(N)=O)sc2ncn(C(C)C)c(=O)c12. The van der Waals surface area contributed by atoms with Gasteiger partial charge in [-0.05, 0) is 26.3 Å². The lowest BCUT2D eigenvalue weighted by atomic mass is 10.2. The summed E-state index contributed by atoms with van der Waals surface area (Å²) in [5, 5.41) is 0.500. The number of aromatic nitrogens is 2. The molecule has 2 heterocycles. The molecule has 0 aliphatic rings. The number of rotatable bonds is 2. The molecule has 6 heteroatoms. The van der Waals surface area contributed by atoms with Crippen molar-refractivity contribution in [3.8, 4) is 0 Å². The smallest absolute Gasteiger partial charge is 0.262 e. The van der Waals surface area contributed by atoms with Crippen LogP contribution in [0.25, 0.3) is 10.2 Å². The summed E-state index contributed by atoms with van der Waals surface area (Å²) in [6, 6.07) is 0.0377. The Morgan fingerprint density at radius 2 is 2.18 bits per heavy atom. The molecule has 0 unspecified atom stereocenters. The molecule has 90 valence electrons. The Morgan fingerprint density at radius 3 is 2.71 bits per heavy atom. The Morgan fingerprint density at radius 1 is 1.53 bits per heavy atom. The third-order valence-electron chi connectivity index (χ3n) is 2.66. The van der Waals surface area contributed by atoms with Crippen molar-refractivity contribution in [2.45, 2.75) is 26.8 Å². The molecule has 2 aromatic heterocycles. The average molecular weight is 251 g/mol. The van der Waals surface area contributed by atoms with Crippen molar-refractivity contribution in [3.63, 3.8) is 0 Å². The molecule has 0 bridgehead atoms. The summed E-state index contributed by atoms with van der Waals surface area (Å²) in [7, 11) is 0. The van der Waals surface area contributed by atoms with Gasteiger partial charge >= 0.3 is 0 Å². The largest absolute Gasteiger partial charge is 0.365 e. The first-order valence-electron chi connectivity index (χ1n) is 5.23. The van der Waals surface area contributed by atoms with E-state index in [-0.39, 0.29) is 11.6 Å². The highest BCUT2D eigenvalue weighted by molar-refractivity contribution is 7.20. The number of hydrogen-bond acceptors (Lipinski definition) is 4. The fourth-order valence-corrected chi connectivity index (χ4v) is 2.73. The van der Waals surface area contributed by atoms with E-state index in [4.69, 9.17) is 5.73 Å². The van der Waals surface area contributed by atoms with E-state index in [0.29, 0.717) is 20.7 Å². The molecular weight excluding hydrogens is 238 g/mol. The highest BCUT2D eigenvalue weighted by Gasteiger charge is 2.17. The maximum absolute atomic E-state index is 12.2. The maximum Gasteiger partial charge on any atom is 0.262 e. The molecule has 2 aromatic rings. The first-order chi connectivity index (χ1) is 7.93. The average Bonchev–Trinajstić information content (AvgIpc) is 2.56. The Hall–Kier alpha value is -1.69. The predicted molar refractivity (Wildman–Crippen MR) is 67.5 cm³/mol. The summed E-state index contributed by atoms with van der Waals surface area (Å²) in [5.74, 6) is -0.513. The second kappa shape index (κ2) is 3.96. The van der Waals surface area contributed by atoms with Crippen LogP contribution in [0.2, 0.25) is 0 Å². The van der Waals surface area contributed by atoms with E-state index in [9.17, 15) is 9.59 Å². The molecule has 2 N–H and O–H groups in total. The van der Waals surface area contributed by atoms with E-state index >= 15 is 0 Å². The topological polar surface area (TPSA) is 78.0 Å². The number of carbonyl (C=O) groups excluding carboxylic acids is 1. The lowest BCUT2D eigenvalue weighted by Gasteiger charge is -2.08. The zero-order chi connectivity index (χ0) is 12.7. The molecule has 5 nitrogen and oxygen atoms in total. The minimum atomic E-state index is -0.513. The Bertz CT molecular complexity index is 655. The van der Waals surface area contributed by atoms with Crippen LogP contribution in [0.15, 0.2) is 11.1 Å². The summed E-state index contributed by atoms with van der Waals surface area (Å²) in [5.41, 5.74) is 5.77. The van der Waals surface area contributed by atoms with Crippen LogP contribution in [0.1, 0.15) is 35.1 Å². The summed E-state index contributed by atoms with van der Waals surface area (Å²) >= 11 is 1.17. The van der Waals surface area contributed by atoms with Gasteiger partial charge in [0.05, 0.1) is 16.6 Å². The van der Waals surface area contributed by atoms with Crippen molar-refractivity contribution < 1.29 is 4.79 Å². The van der Waals surface area contributed by atoms with Crippen LogP contribution in [0.4, 0.5) is 0 Å². The van der Waals surface area contributed by atoms with Crippen molar-refractivity contribution in [1.82, 2.24) is 9.55 Å². The third kappa shape index (κ3) is 1.74. The lowest BCUT2D eigenvalue weighted by molar-refractivity contribution is 0.100. The molecule has 0 saturated heterocycles. The van der Waals surface area contributed by atoms with Gasteiger partial charge in [0.15, 0.2) is 0 Å². The van der Waals surface area contributed by atoms with E-state index < -0.39 is 5.91 Å². The highest BCUT2D eigenvalue weighted by atomic mass is 32.1. The van der Waals surface area contributed by atoms with Gasteiger partial charge in [0.1, 0.15) is 4.83 Å². The fourth-order valence-electron chi connectivity index (χ4n) is 1.74. The Balaban J connectivity index is 2.86. The summed E-state index contributed by atoms with van der Waals surface area (Å²) in [4.78, 5) is 28.6. The molecule has 0 atom stereocenters. The van der Waals surface area contributed by atoms with E-state index in [0.717, 1.165) is 0 Å². The van der Waals surface area contributed by atoms with Gasteiger partial charge in [-0.2, -0.15) is 0 Å². The Labute approximate surface area is 102 Å². The van der Waals surface area contributed by atoms with Crippen LogP contribution in [-0.2, 0) is 0 Å². The summed E-state index contributed by atoms with van der Waals surface area (Å²) in [6.07, 6.45) is 1.51. The Kier molecular flexibility index (Phi) is 2.74. The predicted octanol–water partition coefficient (Wildman–Crippen LogP) is 1.45. The van der Waals surface area contributed by atoms with Crippen molar-refractivity contribution in [2.24, 2.45) is 5.73 Å². The molecule has 0 aliphatic heterocycles. The lowest BCUT2D eigenvalue weighted by Crippen LogP contribution is -2.22. The van der Waals surface area contributed by atoms with Gasteiger partial charge < -0.3 is 5.73 Å². The van der Waals surface area contributed by atoms with Gasteiger partial charge in [-0.25, -0.2) is 4.98 Å². The first kappa shape index (κ1) is 11.8. The molecule has 0 aliphatic carbocycles. The third-order valence-corrected chi connectivity index (χ3v) is 3.87. The molecule has 17 heavy (non-hydrogen) atoms. The molecule has 0 saturated carbocycles. The standard InChI is InChI=1S/C11H13N3O2S/c1-5(2)14-4-13-10-7(11(14)16)6(3)8(17-10)9(12)15/h4-5H,1-3H3,(H2,12,15). The quantitative estimate of drug-likeness (QED) is 0.877. The van der Waals surface area contributed by atoms with Crippen LogP contribution < -0.4 is 11.3 Å². The minimum Gasteiger partial charge on any atom is -0.365 e. The van der Waals surface area contributed by atoms with Crippen LogP contribution in [0.3, 0.4) is 0 Å². The van der Waals surface area contributed by atoms with Gasteiger partial charge in [0.2, 0.25) is 0 Å². The van der Waals surface area contributed by atoms with Gasteiger partial charge in [0.25, 0.3) is 11.5 Å². The zero-order valence-corrected chi connectivity index (χ0v) is 10.7. The minimum absolute atomic E-state index is 0.0377. The summed E-state index contributed by atoms with van der Waals surface area (Å²) in [6.45, 7) is 5.55. The second-order valence-electron chi connectivity index (χ2n) is 4.15. The van der Waals surface area contributed by atoms with Crippen molar-refractivity contribution >= 4 is 27.5 Å². The normalized spacial score (nSPS) is 11.3. The number of thiophene rings is 1. The number of carbonyl (C=O) groups is 1. The van der Waals surface area contributed by atoms with E-state index in [1.807, 2.05) is 13.8 Å². The number of nitrogens with two attached hydrogens (primary N) is 1. The molecule has 0 radical (unpaired) electrons. The molecule has 1 amide bonds. The highest BCUT2D eigenvalue weighted by Crippen LogP contribution is 2.26. The van der Waals surface area contributed by atoms with E-state index in [1.54, 1.807) is 11.5 Å². The van der Waals surface area contributed by atoms with Gasteiger partial charge in [0, 0.05) is 6.04 Å². The van der Waals surface area contributed by atoms with Crippen LogP contribution in [0.5, 0.6) is 0 Å². The molecule has 0 spiro atoms. The number of primary amides is 1. The van der Waals surface area contributed by atoms with Crippen LogP contribution in [-0.4, -0.2) is 15.5 Å². The van der Waals surface area contributed by atoms with Gasteiger partial charge in [-0.15, -0.1) is 11.3 Å². The van der Waals surface area contributed by atoms with E-state index in [1.165, 1.54) is 17.7 Å². The van der Waals surface area contributed by atoms with Crippen LogP contribution >= 0.6 is 11.3 Å². The number of amides is 1. The van der Waals surface area contributed by atoms with E-state index in [2.05, 4.69) is 4.98 Å². The molecule has 0 aromatic carbocycles. The molecule has 0 fully saturated rings. The first-order valence-corrected chi connectivity index (χ1v) is 6.05. The number of hydrogen-bond donors (Lipinski definition) is 1. The van der Waals surface area contributed by atoms with Crippen molar-refractivity contribution in [3.05, 3.63) is 27.1 Å². The molecular formula is C11H13N3O2S. The maximum atomic E-state index is 12.2. The monoisotopic (exact) mass is 251 g/mol. The number of nitrogens with zero attached hydrogens (tertiary/aromatic N) is 2. The van der Waals surface area contributed by atoms with Crippen molar-refractivity contribution in [1.29, 1.82) is 0 Å². The van der Waals surface area contributed by atoms with Crippen LogP contribution in [0, 0.1) is 6.92 Å². The van der Waals surface area contributed by atoms with Crippen molar-refractivity contribution in [2.75, 3.05) is 0 Å². The summed E-state index contributed by atoms with van der Waals surface area (Å²) < 4.78 is 1.55. The second-order valence-corrected chi connectivity index (χ2v) is 5.15.